The van der Waals surface area contributed by atoms with Gasteiger partial charge in [0.1, 0.15) is 5.54 Å². The third-order valence-electron chi connectivity index (χ3n) is 4.41. The Hall–Kier alpha value is -1.49. The number of hydrogen-bond donors (Lipinski definition) is 1. The van der Waals surface area contributed by atoms with E-state index >= 15 is 0 Å². The fourth-order valence-corrected chi connectivity index (χ4v) is 3.35. The standard InChI is InChI=1S/C16H20N2O2S/c1-16(11-7-8-11)15(20)18(9-10-21-2)13-6-4-3-5-12(13)14(19)17-16/h3-6,11H,7-10H2,1-2H3,(H,17,19). The highest BCUT2D eigenvalue weighted by molar-refractivity contribution is 7.98. The van der Waals surface area contributed by atoms with E-state index in [-0.39, 0.29) is 17.7 Å². The second kappa shape index (κ2) is 5.37. The first-order chi connectivity index (χ1) is 10.1. The quantitative estimate of drug-likeness (QED) is 0.928. The van der Waals surface area contributed by atoms with E-state index in [0.29, 0.717) is 12.1 Å². The summed E-state index contributed by atoms with van der Waals surface area (Å²) in [5.74, 6) is 1.01. The Balaban J connectivity index is 2.06. The van der Waals surface area contributed by atoms with Crippen molar-refractivity contribution < 1.29 is 9.59 Å². The molecule has 1 atom stereocenters. The van der Waals surface area contributed by atoms with E-state index in [1.165, 1.54) is 0 Å². The lowest BCUT2D eigenvalue weighted by Crippen LogP contribution is -2.57. The molecule has 0 aromatic heterocycles. The lowest BCUT2D eigenvalue weighted by Gasteiger charge is -2.32. The van der Waals surface area contributed by atoms with Crippen LogP contribution in [0.1, 0.15) is 30.1 Å². The van der Waals surface area contributed by atoms with Gasteiger partial charge in [-0.05, 0) is 44.1 Å². The maximum Gasteiger partial charge on any atom is 0.254 e. The SMILES string of the molecule is CSCCN1C(=O)C(C)(C2CC2)NC(=O)c2ccccc21. The van der Waals surface area contributed by atoms with Crippen molar-refractivity contribution in [3.63, 3.8) is 0 Å². The smallest absolute Gasteiger partial charge is 0.254 e. The van der Waals surface area contributed by atoms with Crippen LogP contribution in [0.5, 0.6) is 0 Å². The zero-order valence-corrected chi connectivity index (χ0v) is 13.2. The maximum absolute atomic E-state index is 13.1. The molecule has 1 N–H and O–H groups in total. The number of nitrogens with one attached hydrogen (secondary N) is 1. The van der Waals surface area contributed by atoms with Gasteiger partial charge in [0.25, 0.3) is 11.8 Å². The van der Waals surface area contributed by atoms with Gasteiger partial charge in [0.05, 0.1) is 11.3 Å². The molecule has 1 aromatic carbocycles. The number of para-hydroxylation sites is 1. The zero-order valence-electron chi connectivity index (χ0n) is 12.4. The van der Waals surface area contributed by atoms with E-state index in [0.717, 1.165) is 24.3 Å². The highest BCUT2D eigenvalue weighted by Crippen LogP contribution is 2.42. The van der Waals surface area contributed by atoms with Gasteiger partial charge < -0.3 is 10.2 Å². The number of carbonyl (C=O) groups is 2. The van der Waals surface area contributed by atoms with Crippen molar-refractivity contribution in [1.29, 1.82) is 0 Å². The van der Waals surface area contributed by atoms with Gasteiger partial charge >= 0.3 is 0 Å². The predicted molar refractivity (Wildman–Crippen MR) is 85.8 cm³/mol. The van der Waals surface area contributed by atoms with Gasteiger partial charge in [-0.1, -0.05) is 12.1 Å². The summed E-state index contributed by atoms with van der Waals surface area (Å²) in [5, 5.41) is 2.99. The van der Waals surface area contributed by atoms with Gasteiger partial charge in [-0.15, -0.1) is 0 Å². The third kappa shape index (κ3) is 2.44. The molecule has 1 saturated carbocycles. The van der Waals surface area contributed by atoms with Crippen LogP contribution in [0, 0.1) is 5.92 Å². The number of thioether (sulfide) groups is 1. The van der Waals surface area contributed by atoms with Crippen LogP contribution in [-0.4, -0.2) is 35.9 Å². The fraction of sp³-hybridized carbons (Fsp3) is 0.500. The molecule has 0 saturated heterocycles. The van der Waals surface area contributed by atoms with Crippen molar-refractivity contribution in [2.24, 2.45) is 5.92 Å². The molecule has 4 nitrogen and oxygen atoms in total. The van der Waals surface area contributed by atoms with Gasteiger partial charge in [0, 0.05) is 12.3 Å². The van der Waals surface area contributed by atoms with Gasteiger partial charge in [-0.3, -0.25) is 9.59 Å². The van der Waals surface area contributed by atoms with Gasteiger partial charge in [-0.2, -0.15) is 11.8 Å². The number of fused-ring (bicyclic) bond motifs is 1. The van der Waals surface area contributed by atoms with E-state index in [2.05, 4.69) is 5.32 Å². The van der Waals surface area contributed by atoms with Crippen LogP contribution >= 0.6 is 11.8 Å². The summed E-state index contributed by atoms with van der Waals surface area (Å²) in [6, 6.07) is 7.38. The Bertz CT molecular complexity index is 585. The van der Waals surface area contributed by atoms with Gasteiger partial charge in [-0.25, -0.2) is 0 Å². The maximum atomic E-state index is 13.1. The highest BCUT2D eigenvalue weighted by Gasteiger charge is 2.52. The largest absolute Gasteiger partial charge is 0.338 e. The number of carbonyl (C=O) groups excluding carboxylic acids is 2. The Morgan fingerprint density at radius 1 is 1.33 bits per heavy atom. The Labute approximate surface area is 129 Å². The molecule has 5 heteroatoms. The number of benzene rings is 1. The minimum Gasteiger partial charge on any atom is -0.338 e. The van der Waals surface area contributed by atoms with Crippen molar-refractivity contribution in [3.05, 3.63) is 29.8 Å². The minimum absolute atomic E-state index is 0.0253. The normalized spacial score (nSPS) is 25.3. The summed E-state index contributed by atoms with van der Waals surface area (Å²) in [6.45, 7) is 2.51. The van der Waals surface area contributed by atoms with Gasteiger partial charge in [0.2, 0.25) is 0 Å². The number of amides is 2. The van der Waals surface area contributed by atoms with Crippen LogP contribution in [0.15, 0.2) is 24.3 Å². The Morgan fingerprint density at radius 3 is 2.71 bits per heavy atom. The Morgan fingerprint density at radius 2 is 2.05 bits per heavy atom. The van der Waals surface area contributed by atoms with E-state index in [1.807, 2.05) is 31.4 Å². The van der Waals surface area contributed by atoms with E-state index in [9.17, 15) is 9.59 Å². The first-order valence-corrected chi connectivity index (χ1v) is 8.69. The molecule has 1 heterocycles. The summed E-state index contributed by atoms with van der Waals surface area (Å²) in [5.41, 5.74) is 0.559. The van der Waals surface area contributed by atoms with Crippen LogP contribution in [-0.2, 0) is 4.79 Å². The summed E-state index contributed by atoms with van der Waals surface area (Å²) in [6.07, 6.45) is 4.04. The molecule has 1 aliphatic heterocycles. The molecule has 1 aliphatic carbocycles. The number of nitrogens with zero attached hydrogens (tertiary/aromatic N) is 1. The average Bonchev–Trinajstić information content (AvgIpc) is 3.32. The second-order valence-corrected chi connectivity index (χ2v) is 6.88. The molecular weight excluding hydrogens is 284 g/mol. The second-order valence-electron chi connectivity index (χ2n) is 5.90. The predicted octanol–water partition coefficient (Wildman–Crippen LogP) is 2.29. The first kappa shape index (κ1) is 14.4. The van der Waals surface area contributed by atoms with Crippen LogP contribution in [0.3, 0.4) is 0 Å². The molecule has 21 heavy (non-hydrogen) atoms. The van der Waals surface area contributed by atoms with E-state index in [4.69, 9.17) is 0 Å². The summed E-state index contributed by atoms with van der Waals surface area (Å²) < 4.78 is 0. The van der Waals surface area contributed by atoms with Crippen molar-refractivity contribution in [3.8, 4) is 0 Å². The highest BCUT2D eigenvalue weighted by atomic mass is 32.2. The molecule has 0 radical (unpaired) electrons. The molecule has 1 fully saturated rings. The first-order valence-electron chi connectivity index (χ1n) is 7.30. The summed E-state index contributed by atoms with van der Waals surface area (Å²) >= 11 is 1.70. The lowest BCUT2D eigenvalue weighted by atomic mass is 9.94. The molecule has 1 aromatic rings. The molecule has 112 valence electrons. The fourth-order valence-electron chi connectivity index (χ4n) is 2.99. The molecule has 2 amide bonds. The molecule has 0 spiro atoms. The van der Waals surface area contributed by atoms with Crippen molar-refractivity contribution in [2.75, 3.05) is 23.5 Å². The Kier molecular flexibility index (Phi) is 3.69. The van der Waals surface area contributed by atoms with Gasteiger partial charge in [0.15, 0.2) is 0 Å². The molecule has 3 rings (SSSR count). The topological polar surface area (TPSA) is 49.4 Å². The molecule has 2 aliphatic rings. The average molecular weight is 304 g/mol. The van der Waals surface area contributed by atoms with Crippen molar-refractivity contribution >= 4 is 29.3 Å². The van der Waals surface area contributed by atoms with E-state index in [1.54, 1.807) is 22.7 Å². The van der Waals surface area contributed by atoms with E-state index < -0.39 is 5.54 Å². The number of rotatable bonds is 4. The minimum atomic E-state index is -0.769. The zero-order chi connectivity index (χ0) is 15.0. The summed E-state index contributed by atoms with van der Waals surface area (Å²) in [7, 11) is 0. The molecular formula is C16H20N2O2S. The van der Waals surface area contributed by atoms with Crippen LogP contribution < -0.4 is 10.2 Å². The van der Waals surface area contributed by atoms with Crippen LogP contribution in [0.2, 0.25) is 0 Å². The van der Waals surface area contributed by atoms with Crippen molar-refractivity contribution in [1.82, 2.24) is 5.32 Å². The third-order valence-corrected chi connectivity index (χ3v) is 5.01. The number of anilines is 1. The van der Waals surface area contributed by atoms with Crippen LogP contribution in [0.4, 0.5) is 5.69 Å². The number of hydrogen-bond acceptors (Lipinski definition) is 3. The molecule has 0 bridgehead atoms. The monoisotopic (exact) mass is 304 g/mol. The summed E-state index contributed by atoms with van der Waals surface area (Å²) in [4.78, 5) is 27.4. The van der Waals surface area contributed by atoms with Crippen LogP contribution in [0.25, 0.3) is 0 Å². The lowest BCUT2D eigenvalue weighted by molar-refractivity contribution is -0.124. The molecule has 1 unspecified atom stereocenters. The van der Waals surface area contributed by atoms with Crippen molar-refractivity contribution in [2.45, 2.75) is 25.3 Å².